The van der Waals surface area contributed by atoms with Crippen molar-refractivity contribution in [2.24, 2.45) is 0 Å². The van der Waals surface area contributed by atoms with Crippen molar-refractivity contribution >= 4 is 34.1 Å². The van der Waals surface area contributed by atoms with Gasteiger partial charge < -0.3 is 24.5 Å². The fourth-order valence-electron chi connectivity index (χ4n) is 2.97. The third-order valence-electron chi connectivity index (χ3n) is 4.21. The molecule has 166 valence electrons. The Morgan fingerprint density at radius 1 is 1.09 bits per heavy atom. The van der Waals surface area contributed by atoms with Crippen molar-refractivity contribution in [3.63, 3.8) is 0 Å². The molecule has 0 fully saturated rings. The molecule has 4 aromatic rings. The van der Waals surface area contributed by atoms with Gasteiger partial charge in [0.25, 0.3) is 0 Å². The van der Waals surface area contributed by atoms with Gasteiger partial charge in [-0.1, -0.05) is 17.7 Å². The highest BCUT2D eigenvalue weighted by molar-refractivity contribution is 6.32. The zero-order valence-electron chi connectivity index (χ0n) is 16.2. The Morgan fingerprint density at radius 3 is 2.66 bits per heavy atom. The Hall–Kier alpha value is -3.57. The molecule has 0 aliphatic carbocycles. The number of hydrogen-bond acceptors (Lipinski definition) is 7. The average Bonchev–Trinajstić information content (AvgIpc) is 3.13. The number of fused-ring (bicyclic) bond motifs is 1. The molecule has 0 saturated carbocycles. The minimum atomic E-state index is -4.81. The molecule has 0 amide bonds. The van der Waals surface area contributed by atoms with Gasteiger partial charge in [0, 0.05) is 18.8 Å². The zero-order valence-corrected chi connectivity index (χ0v) is 16.9. The largest absolute Gasteiger partial charge is 0.573 e. The molecule has 3 heterocycles. The van der Waals surface area contributed by atoms with Gasteiger partial charge in [-0.15, -0.1) is 13.2 Å². The van der Waals surface area contributed by atoms with Crippen LogP contribution in [0.4, 0.5) is 24.7 Å². The third kappa shape index (κ3) is 5.01. The van der Waals surface area contributed by atoms with Crippen LogP contribution in [0.15, 0.2) is 55.1 Å². The van der Waals surface area contributed by atoms with Gasteiger partial charge in [0.2, 0.25) is 5.88 Å². The smallest absolute Gasteiger partial charge is 0.437 e. The normalized spacial score (nSPS) is 11.5. The summed E-state index contributed by atoms with van der Waals surface area (Å²) in [6, 6.07) is 8.36. The molecule has 2 N–H and O–H groups in total. The number of hydrogen-bond donors (Lipinski definition) is 2. The lowest BCUT2D eigenvalue weighted by atomic mass is 10.3. The number of nitrogens with zero attached hydrogens (tertiary/aromatic N) is 4. The standard InChI is InChI=1S/C20H15ClF3N5O3/c21-15-8-12(28-18-17-16(26-11-27-18)4-5-29(17)6-7-30)10-25-19(15)31-13-2-1-3-14(9-13)32-20(22,23)24/h1-5,8-11,30H,6-7H2,(H,26,27,28). The number of rotatable bonds is 7. The number of aliphatic hydroxyl groups is 1. The number of ether oxygens (including phenoxy) is 2. The number of nitrogens with one attached hydrogen (secondary N) is 1. The Labute approximate surface area is 184 Å². The number of halogens is 4. The van der Waals surface area contributed by atoms with Crippen molar-refractivity contribution in [1.82, 2.24) is 19.5 Å². The molecule has 0 aliphatic heterocycles. The lowest BCUT2D eigenvalue weighted by Gasteiger charge is -2.12. The highest BCUT2D eigenvalue weighted by Gasteiger charge is 2.31. The second-order valence-electron chi connectivity index (χ2n) is 6.45. The van der Waals surface area contributed by atoms with Crippen LogP contribution >= 0.6 is 11.6 Å². The molecule has 32 heavy (non-hydrogen) atoms. The van der Waals surface area contributed by atoms with E-state index in [9.17, 15) is 18.3 Å². The highest BCUT2D eigenvalue weighted by atomic mass is 35.5. The third-order valence-corrected chi connectivity index (χ3v) is 4.49. The lowest BCUT2D eigenvalue weighted by molar-refractivity contribution is -0.274. The van der Waals surface area contributed by atoms with Gasteiger partial charge in [-0.05, 0) is 24.3 Å². The van der Waals surface area contributed by atoms with Crippen LogP contribution in [-0.2, 0) is 6.54 Å². The minimum absolute atomic E-state index is 0.00198. The maximum Gasteiger partial charge on any atom is 0.573 e. The number of alkyl halides is 3. The molecule has 3 aromatic heterocycles. The average molecular weight is 466 g/mol. The van der Waals surface area contributed by atoms with Crippen LogP contribution in [0, 0.1) is 0 Å². The summed E-state index contributed by atoms with van der Waals surface area (Å²) in [4.78, 5) is 12.6. The number of benzene rings is 1. The van der Waals surface area contributed by atoms with E-state index in [1.807, 2.05) is 0 Å². The quantitative estimate of drug-likeness (QED) is 0.400. The molecule has 12 heteroatoms. The van der Waals surface area contributed by atoms with Crippen molar-refractivity contribution in [3.05, 3.63) is 60.1 Å². The summed E-state index contributed by atoms with van der Waals surface area (Å²) in [6.07, 6.45) is -0.189. The maximum absolute atomic E-state index is 12.4. The summed E-state index contributed by atoms with van der Waals surface area (Å²) in [5, 5.41) is 12.5. The Bertz CT molecular complexity index is 1250. The molecule has 0 aliphatic rings. The van der Waals surface area contributed by atoms with Gasteiger partial charge in [0.15, 0.2) is 5.82 Å². The molecule has 0 bridgehead atoms. The topological polar surface area (TPSA) is 94.3 Å². The van der Waals surface area contributed by atoms with E-state index in [2.05, 4.69) is 25.0 Å². The molecular formula is C20H15ClF3N5O3. The van der Waals surface area contributed by atoms with Gasteiger partial charge in [0.1, 0.15) is 28.4 Å². The van der Waals surface area contributed by atoms with Gasteiger partial charge in [-0.25, -0.2) is 15.0 Å². The predicted molar refractivity (Wildman–Crippen MR) is 110 cm³/mol. The van der Waals surface area contributed by atoms with Crippen LogP contribution in [0.1, 0.15) is 0 Å². The molecule has 1 aromatic carbocycles. The molecule has 0 atom stereocenters. The molecule has 0 saturated heterocycles. The molecule has 8 nitrogen and oxygen atoms in total. The Morgan fingerprint density at radius 2 is 1.91 bits per heavy atom. The second-order valence-corrected chi connectivity index (χ2v) is 6.86. The second kappa shape index (κ2) is 8.89. The Balaban J connectivity index is 1.54. The fourth-order valence-corrected chi connectivity index (χ4v) is 3.18. The van der Waals surface area contributed by atoms with Crippen molar-refractivity contribution < 1.29 is 27.8 Å². The van der Waals surface area contributed by atoms with Gasteiger partial charge in [0.05, 0.1) is 24.0 Å². The first-order valence-corrected chi connectivity index (χ1v) is 9.57. The first-order chi connectivity index (χ1) is 15.3. The number of anilines is 2. The summed E-state index contributed by atoms with van der Waals surface area (Å²) >= 11 is 6.26. The SMILES string of the molecule is OCCn1ccc2ncnc(Nc3cnc(Oc4cccc(OC(F)(F)F)c4)c(Cl)c3)c21. The molecule has 0 unspecified atom stereocenters. The van der Waals surface area contributed by atoms with E-state index in [1.165, 1.54) is 30.7 Å². The predicted octanol–water partition coefficient (Wildman–Crippen LogP) is 4.91. The number of pyridine rings is 1. The van der Waals surface area contributed by atoms with E-state index in [-0.39, 0.29) is 23.3 Å². The minimum Gasteiger partial charge on any atom is -0.437 e. The van der Waals surface area contributed by atoms with Crippen LogP contribution in [0.25, 0.3) is 11.0 Å². The van der Waals surface area contributed by atoms with Gasteiger partial charge >= 0.3 is 6.36 Å². The number of aliphatic hydroxyl groups excluding tert-OH is 1. The van der Waals surface area contributed by atoms with E-state index in [0.29, 0.717) is 29.1 Å². The first kappa shape index (κ1) is 21.7. The summed E-state index contributed by atoms with van der Waals surface area (Å²) in [5.41, 5.74) is 1.88. The Kier molecular flexibility index (Phi) is 6.01. The lowest BCUT2D eigenvalue weighted by Crippen LogP contribution is -2.17. The molecular weight excluding hydrogens is 451 g/mol. The zero-order chi connectivity index (χ0) is 22.7. The molecule has 4 rings (SSSR count). The van der Waals surface area contributed by atoms with Crippen molar-refractivity contribution in [3.8, 4) is 17.4 Å². The van der Waals surface area contributed by atoms with E-state index in [0.717, 1.165) is 12.1 Å². The van der Waals surface area contributed by atoms with Crippen molar-refractivity contribution in [1.29, 1.82) is 0 Å². The van der Waals surface area contributed by atoms with E-state index >= 15 is 0 Å². The number of aromatic nitrogens is 4. The summed E-state index contributed by atoms with van der Waals surface area (Å²) in [5.74, 6) is 0.124. The summed E-state index contributed by atoms with van der Waals surface area (Å²) in [7, 11) is 0. The van der Waals surface area contributed by atoms with Crippen LogP contribution in [-0.4, -0.2) is 37.6 Å². The van der Waals surface area contributed by atoms with E-state index in [4.69, 9.17) is 16.3 Å². The van der Waals surface area contributed by atoms with Crippen LogP contribution in [0.2, 0.25) is 5.02 Å². The summed E-state index contributed by atoms with van der Waals surface area (Å²) < 4.78 is 48.4. The summed E-state index contributed by atoms with van der Waals surface area (Å²) in [6.45, 7) is 0.321. The van der Waals surface area contributed by atoms with Crippen LogP contribution in [0.3, 0.4) is 0 Å². The van der Waals surface area contributed by atoms with E-state index in [1.54, 1.807) is 16.8 Å². The monoisotopic (exact) mass is 465 g/mol. The highest BCUT2D eigenvalue weighted by Crippen LogP contribution is 2.33. The maximum atomic E-state index is 12.4. The van der Waals surface area contributed by atoms with Gasteiger partial charge in [-0.3, -0.25) is 0 Å². The first-order valence-electron chi connectivity index (χ1n) is 9.19. The van der Waals surface area contributed by atoms with E-state index < -0.39 is 12.1 Å². The fraction of sp³-hybridized carbons (Fsp3) is 0.150. The molecule has 0 spiro atoms. The van der Waals surface area contributed by atoms with Crippen LogP contribution < -0.4 is 14.8 Å². The van der Waals surface area contributed by atoms with Crippen LogP contribution in [0.5, 0.6) is 17.4 Å². The van der Waals surface area contributed by atoms with Crippen molar-refractivity contribution in [2.75, 3.05) is 11.9 Å². The molecule has 0 radical (unpaired) electrons. The van der Waals surface area contributed by atoms with Crippen molar-refractivity contribution in [2.45, 2.75) is 12.9 Å². The van der Waals surface area contributed by atoms with Gasteiger partial charge in [-0.2, -0.15) is 0 Å².